The molecule has 0 saturated heterocycles. The molecule has 1 aliphatic heterocycles. The van der Waals surface area contributed by atoms with Crippen molar-refractivity contribution in [3.8, 4) is 0 Å². The quantitative estimate of drug-likeness (QED) is 0.845. The average molecular weight is 261 g/mol. The van der Waals surface area contributed by atoms with Crippen molar-refractivity contribution >= 4 is 5.97 Å². The fourth-order valence-electron chi connectivity index (χ4n) is 2.22. The molecule has 0 aliphatic carbocycles. The minimum absolute atomic E-state index is 0.139. The Labute approximate surface area is 113 Å². The molecule has 1 N–H and O–H groups in total. The maximum Gasteiger partial charge on any atom is 0.337 e. The number of rotatable bonds is 4. The van der Waals surface area contributed by atoms with Crippen molar-refractivity contribution in [2.75, 3.05) is 19.7 Å². The van der Waals surface area contributed by atoms with E-state index in [0.29, 0.717) is 25.1 Å². The predicted molar refractivity (Wildman–Crippen MR) is 72.6 cm³/mol. The summed E-state index contributed by atoms with van der Waals surface area (Å²) in [6.45, 7) is 4.04. The van der Waals surface area contributed by atoms with Gasteiger partial charge in [0.2, 0.25) is 0 Å². The summed E-state index contributed by atoms with van der Waals surface area (Å²) in [5, 5.41) is 9.95. The van der Waals surface area contributed by atoms with Crippen LogP contribution in [-0.4, -0.2) is 35.7 Å². The van der Waals surface area contributed by atoms with E-state index in [-0.39, 0.29) is 11.7 Å². The number of benzene rings is 1. The number of carbonyl (C=O) groups excluding carboxylic acids is 1. The van der Waals surface area contributed by atoms with Gasteiger partial charge in [0.05, 0.1) is 18.7 Å². The first-order valence-electron chi connectivity index (χ1n) is 6.55. The molecule has 102 valence electrons. The van der Waals surface area contributed by atoms with Crippen LogP contribution in [0.2, 0.25) is 0 Å². The van der Waals surface area contributed by atoms with Gasteiger partial charge in [0.25, 0.3) is 0 Å². The van der Waals surface area contributed by atoms with E-state index >= 15 is 0 Å². The minimum atomic E-state index is -0.389. The van der Waals surface area contributed by atoms with E-state index in [1.54, 1.807) is 6.92 Å². The van der Waals surface area contributed by atoms with Crippen LogP contribution in [0.4, 0.5) is 0 Å². The van der Waals surface area contributed by atoms with Crippen LogP contribution in [0.25, 0.3) is 0 Å². The lowest BCUT2D eigenvalue weighted by molar-refractivity contribution is -0.139. The topological polar surface area (TPSA) is 49.8 Å². The van der Waals surface area contributed by atoms with E-state index in [4.69, 9.17) is 4.74 Å². The average Bonchev–Trinajstić information content (AvgIpc) is 2.40. The van der Waals surface area contributed by atoms with Crippen LogP contribution in [0, 0.1) is 0 Å². The van der Waals surface area contributed by atoms with Crippen molar-refractivity contribution in [2.45, 2.75) is 19.9 Å². The van der Waals surface area contributed by atoms with Gasteiger partial charge < -0.3 is 9.84 Å². The van der Waals surface area contributed by atoms with E-state index in [1.807, 2.05) is 18.2 Å². The zero-order valence-corrected chi connectivity index (χ0v) is 11.1. The highest BCUT2D eigenvalue weighted by molar-refractivity contribution is 5.89. The van der Waals surface area contributed by atoms with E-state index in [0.717, 1.165) is 13.1 Å². The highest BCUT2D eigenvalue weighted by atomic mass is 16.5. The lowest BCUT2D eigenvalue weighted by Crippen LogP contribution is -2.33. The molecule has 1 aromatic carbocycles. The molecule has 4 nitrogen and oxygen atoms in total. The van der Waals surface area contributed by atoms with Crippen LogP contribution in [0.1, 0.15) is 18.9 Å². The molecule has 19 heavy (non-hydrogen) atoms. The van der Waals surface area contributed by atoms with Crippen molar-refractivity contribution in [1.29, 1.82) is 0 Å². The third kappa shape index (κ3) is 3.58. The monoisotopic (exact) mass is 261 g/mol. The van der Waals surface area contributed by atoms with E-state index in [1.165, 1.54) is 5.56 Å². The smallest absolute Gasteiger partial charge is 0.337 e. The summed E-state index contributed by atoms with van der Waals surface area (Å²) in [5.41, 5.74) is 1.63. The van der Waals surface area contributed by atoms with E-state index in [2.05, 4.69) is 17.0 Å². The van der Waals surface area contributed by atoms with Gasteiger partial charge in [-0.15, -0.1) is 0 Å². The number of hydrogen-bond donors (Lipinski definition) is 1. The summed E-state index contributed by atoms with van der Waals surface area (Å²) in [4.78, 5) is 13.7. The summed E-state index contributed by atoms with van der Waals surface area (Å²) in [5.74, 6) is -0.250. The lowest BCUT2D eigenvalue weighted by Gasteiger charge is -2.27. The van der Waals surface area contributed by atoms with Crippen molar-refractivity contribution in [1.82, 2.24) is 4.90 Å². The summed E-state index contributed by atoms with van der Waals surface area (Å²) < 4.78 is 4.93. The van der Waals surface area contributed by atoms with Crippen LogP contribution in [-0.2, 0) is 16.1 Å². The zero-order chi connectivity index (χ0) is 13.7. The van der Waals surface area contributed by atoms with Crippen molar-refractivity contribution in [2.24, 2.45) is 0 Å². The molecule has 0 saturated carbocycles. The van der Waals surface area contributed by atoms with Gasteiger partial charge in [-0.2, -0.15) is 0 Å². The van der Waals surface area contributed by atoms with Gasteiger partial charge in [0, 0.05) is 13.1 Å². The molecule has 0 fully saturated rings. The third-order valence-electron chi connectivity index (χ3n) is 3.17. The van der Waals surface area contributed by atoms with Gasteiger partial charge in [-0.05, 0) is 18.9 Å². The van der Waals surface area contributed by atoms with Gasteiger partial charge >= 0.3 is 5.97 Å². The SMILES string of the molecule is CCOC(=O)C1=C(O)CN(Cc2ccccc2)CC1. The summed E-state index contributed by atoms with van der Waals surface area (Å²) in [7, 11) is 0. The van der Waals surface area contributed by atoms with Crippen LogP contribution < -0.4 is 0 Å². The summed E-state index contributed by atoms with van der Waals surface area (Å²) in [6.07, 6.45) is 0.539. The predicted octanol–water partition coefficient (Wildman–Crippen LogP) is 2.27. The molecule has 0 unspecified atom stereocenters. The Morgan fingerprint density at radius 1 is 1.37 bits per heavy atom. The minimum Gasteiger partial charge on any atom is -0.510 e. The second-order valence-electron chi connectivity index (χ2n) is 4.59. The molecular weight excluding hydrogens is 242 g/mol. The highest BCUT2D eigenvalue weighted by Crippen LogP contribution is 2.19. The van der Waals surface area contributed by atoms with Gasteiger partial charge in [-0.1, -0.05) is 30.3 Å². The Hall–Kier alpha value is -1.81. The second kappa shape index (κ2) is 6.38. The number of aliphatic hydroxyl groups is 1. The van der Waals surface area contributed by atoms with Crippen LogP contribution in [0.5, 0.6) is 0 Å². The standard InChI is InChI=1S/C15H19NO3/c1-2-19-15(18)13-8-9-16(11-14(13)17)10-12-6-4-3-5-7-12/h3-7,17H,2,8-11H2,1H3. The molecule has 4 heteroatoms. The van der Waals surface area contributed by atoms with Gasteiger partial charge in [-0.25, -0.2) is 4.79 Å². The number of ether oxygens (including phenoxy) is 1. The van der Waals surface area contributed by atoms with E-state index in [9.17, 15) is 9.90 Å². The van der Waals surface area contributed by atoms with Crippen LogP contribution in [0.15, 0.2) is 41.7 Å². The maximum absolute atomic E-state index is 11.6. The first-order valence-corrected chi connectivity index (χ1v) is 6.55. The molecule has 0 spiro atoms. The molecule has 2 rings (SSSR count). The fourth-order valence-corrected chi connectivity index (χ4v) is 2.22. The lowest BCUT2D eigenvalue weighted by atomic mass is 10.1. The first kappa shape index (κ1) is 13.6. The zero-order valence-electron chi connectivity index (χ0n) is 11.1. The molecule has 0 amide bonds. The second-order valence-corrected chi connectivity index (χ2v) is 4.59. The van der Waals surface area contributed by atoms with Crippen LogP contribution >= 0.6 is 0 Å². The number of hydrogen-bond acceptors (Lipinski definition) is 4. The van der Waals surface area contributed by atoms with Crippen LogP contribution in [0.3, 0.4) is 0 Å². The van der Waals surface area contributed by atoms with Gasteiger partial charge in [0.15, 0.2) is 0 Å². The van der Waals surface area contributed by atoms with Crippen molar-refractivity contribution in [3.05, 3.63) is 47.2 Å². The van der Waals surface area contributed by atoms with Gasteiger partial charge in [-0.3, -0.25) is 4.90 Å². The van der Waals surface area contributed by atoms with Crippen molar-refractivity contribution < 1.29 is 14.6 Å². The number of nitrogens with zero attached hydrogens (tertiary/aromatic N) is 1. The largest absolute Gasteiger partial charge is 0.510 e. The third-order valence-corrected chi connectivity index (χ3v) is 3.17. The number of carbonyl (C=O) groups is 1. The number of aliphatic hydroxyl groups excluding tert-OH is 1. The summed E-state index contributed by atoms with van der Waals surface area (Å²) in [6, 6.07) is 10.1. The van der Waals surface area contributed by atoms with Crippen molar-refractivity contribution in [3.63, 3.8) is 0 Å². The molecule has 0 radical (unpaired) electrons. The molecule has 1 aliphatic rings. The Balaban J connectivity index is 1.98. The molecule has 1 heterocycles. The van der Waals surface area contributed by atoms with E-state index < -0.39 is 0 Å². The Morgan fingerprint density at radius 3 is 2.74 bits per heavy atom. The summed E-state index contributed by atoms with van der Waals surface area (Å²) >= 11 is 0. The van der Waals surface area contributed by atoms with Gasteiger partial charge in [0.1, 0.15) is 5.76 Å². The normalized spacial score (nSPS) is 16.5. The fraction of sp³-hybridized carbons (Fsp3) is 0.400. The first-order chi connectivity index (χ1) is 9.20. The Morgan fingerprint density at radius 2 is 2.11 bits per heavy atom. The molecular formula is C15H19NO3. The Kier molecular flexibility index (Phi) is 4.58. The molecule has 1 aromatic rings. The molecule has 0 bridgehead atoms. The Bertz CT molecular complexity index is 468. The molecule has 0 atom stereocenters. The highest BCUT2D eigenvalue weighted by Gasteiger charge is 2.24. The maximum atomic E-state index is 11.6. The number of esters is 1. The molecule has 0 aromatic heterocycles.